The summed E-state index contributed by atoms with van der Waals surface area (Å²) >= 11 is 12.3. The van der Waals surface area contributed by atoms with Gasteiger partial charge in [-0.2, -0.15) is 5.10 Å². The van der Waals surface area contributed by atoms with Crippen molar-refractivity contribution in [2.45, 2.75) is 19.4 Å². The van der Waals surface area contributed by atoms with Gasteiger partial charge in [0.1, 0.15) is 11.9 Å². The number of nitrogens with one attached hydrogen (secondary N) is 1. The molecular weight excluding hydrogens is 371 g/mol. The molecule has 2 aliphatic rings. The molecular formula is C19H18Cl2N4O. The number of carbonyl (C=O) groups excluding carboxylic acids is 1. The molecule has 0 spiro atoms. The summed E-state index contributed by atoms with van der Waals surface area (Å²) in [7, 11) is 0. The molecule has 1 unspecified atom stereocenters. The van der Waals surface area contributed by atoms with E-state index in [-0.39, 0.29) is 11.9 Å². The molecule has 1 atom stereocenters. The first kappa shape index (κ1) is 17.2. The van der Waals surface area contributed by atoms with Crippen LogP contribution in [0.1, 0.15) is 24.9 Å². The summed E-state index contributed by atoms with van der Waals surface area (Å²) < 4.78 is 1.82. The predicted octanol–water partition coefficient (Wildman–Crippen LogP) is 4.27. The van der Waals surface area contributed by atoms with Crippen molar-refractivity contribution in [1.29, 1.82) is 0 Å². The zero-order valence-corrected chi connectivity index (χ0v) is 15.8. The number of hydrogen-bond acceptors (Lipinski definition) is 3. The maximum atomic E-state index is 13.3. The Hall–Kier alpha value is -2.24. The molecule has 1 N–H and O–H groups in total. The van der Waals surface area contributed by atoms with Gasteiger partial charge in [0, 0.05) is 24.9 Å². The lowest BCUT2D eigenvalue weighted by Crippen LogP contribution is -2.39. The molecule has 4 rings (SSSR count). The number of amides is 1. The standard InChI is InChI=1S/C19H18Cl2N4O/c1-12-17(19(26)24-9-3-2-4-10-24)18(25-16(23-12)7-8-22-25)13-5-6-14(20)15(21)11-13/h2-3,5-8,11,18,23H,4,9-10H2,1H3. The fraction of sp³-hybridized carbons (Fsp3) is 0.263. The molecule has 0 aliphatic carbocycles. The van der Waals surface area contributed by atoms with E-state index in [0.29, 0.717) is 28.7 Å². The summed E-state index contributed by atoms with van der Waals surface area (Å²) in [4.78, 5) is 15.2. The summed E-state index contributed by atoms with van der Waals surface area (Å²) in [6.45, 7) is 3.26. The van der Waals surface area contributed by atoms with Gasteiger partial charge in [0.05, 0.1) is 21.8 Å². The Balaban J connectivity index is 1.82. The van der Waals surface area contributed by atoms with Gasteiger partial charge in [0.25, 0.3) is 5.91 Å². The average molecular weight is 389 g/mol. The number of rotatable bonds is 2. The van der Waals surface area contributed by atoms with E-state index >= 15 is 0 Å². The van der Waals surface area contributed by atoms with Gasteiger partial charge in [0.2, 0.25) is 0 Å². The normalized spacial score (nSPS) is 19.3. The van der Waals surface area contributed by atoms with E-state index in [4.69, 9.17) is 23.2 Å². The van der Waals surface area contributed by atoms with Crippen LogP contribution < -0.4 is 5.32 Å². The zero-order valence-electron chi connectivity index (χ0n) is 14.2. The van der Waals surface area contributed by atoms with Crippen molar-refractivity contribution in [2.75, 3.05) is 18.4 Å². The van der Waals surface area contributed by atoms with Crippen molar-refractivity contribution in [3.63, 3.8) is 0 Å². The number of nitrogens with zero attached hydrogens (tertiary/aromatic N) is 3. The number of carbonyl (C=O) groups is 1. The Bertz CT molecular complexity index is 931. The second-order valence-corrected chi connectivity index (χ2v) is 7.23. The van der Waals surface area contributed by atoms with Crippen molar-refractivity contribution in [3.8, 4) is 0 Å². The van der Waals surface area contributed by atoms with Crippen molar-refractivity contribution in [3.05, 3.63) is 69.5 Å². The maximum absolute atomic E-state index is 13.3. The van der Waals surface area contributed by atoms with Gasteiger partial charge in [-0.3, -0.25) is 4.79 Å². The van der Waals surface area contributed by atoms with Crippen LogP contribution >= 0.6 is 23.2 Å². The number of halogens is 2. The fourth-order valence-corrected chi connectivity index (χ4v) is 3.78. The predicted molar refractivity (Wildman–Crippen MR) is 103 cm³/mol. The molecule has 0 saturated carbocycles. The molecule has 5 nitrogen and oxygen atoms in total. The Morgan fingerprint density at radius 1 is 1.23 bits per heavy atom. The summed E-state index contributed by atoms with van der Waals surface area (Å²) in [5.74, 6) is 0.852. The van der Waals surface area contributed by atoms with Crippen LogP contribution in [-0.4, -0.2) is 33.7 Å². The first-order valence-corrected chi connectivity index (χ1v) is 9.22. The highest BCUT2D eigenvalue weighted by Crippen LogP contribution is 2.38. The molecule has 1 amide bonds. The van der Waals surface area contributed by atoms with E-state index in [0.717, 1.165) is 23.5 Å². The van der Waals surface area contributed by atoms with E-state index in [9.17, 15) is 4.79 Å². The second kappa shape index (κ2) is 6.82. The monoisotopic (exact) mass is 388 g/mol. The molecule has 0 radical (unpaired) electrons. The summed E-state index contributed by atoms with van der Waals surface area (Å²) in [6.07, 6.45) is 6.72. The molecule has 7 heteroatoms. The van der Waals surface area contributed by atoms with Crippen LogP contribution in [0.2, 0.25) is 10.0 Å². The van der Waals surface area contributed by atoms with Crippen molar-refractivity contribution >= 4 is 34.9 Å². The van der Waals surface area contributed by atoms with E-state index in [2.05, 4.69) is 16.5 Å². The minimum atomic E-state index is -0.352. The molecule has 2 aromatic rings. The Morgan fingerprint density at radius 3 is 2.81 bits per heavy atom. The smallest absolute Gasteiger partial charge is 0.254 e. The van der Waals surface area contributed by atoms with E-state index in [1.807, 2.05) is 40.8 Å². The molecule has 26 heavy (non-hydrogen) atoms. The number of anilines is 1. The minimum Gasteiger partial charge on any atom is -0.344 e. The van der Waals surface area contributed by atoms with Crippen molar-refractivity contribution in [1.82, 2.24) is 14.7 Å². The van der Waals surface area contributed by atoms with Gasteiger partial charge >= 0.3 is 0 Å². The highest BCUT2D eigenvalue weighted by Gasteiger charge is 2.35. The molecule has 3 heterocycles. The van der Waals surface area contributed by atoms with Crippen LogP contribution in [0.3, 0.4) is 0 Å². The minimum absolute atomic E-state index is 0.0107. The fourth-order valence-electron chi connectivity index (χ4n) is 3.47. The SMILES string of the molecule is CC1=C(C(=O)N2CC=CCC2)C(c2ccc(Cl)c(Cl)c2)n2nccc2N1. The number of allylic oxidation sites excluding steroid dienone is 1. The molecule has 0 bridgehead atoms. The third kappa shape index (κ3) is 2.91. The summed E-state index contributed by atoms with van der Waals surface area (Å²) in [5.41, 5.74) is 2.38. The quantitative estimate of drug-likeness (QED) is 0.781. The highest BCUT2D eigenvalue weighted by molar-refractivity contribution is 6.42. The van der Waals surface area contributed by atoms with Crippen LogP contribution in [0.4, 0.5) is 5.82 Å². The molecule has 1 aromatic heterocycles. The van der Waals surface area contributed by atoms with Gasteiger partial charge in [-0.05, 0) is 31.0 Å². The highest BCUT2D eigenvalue weighted by atomic mass is 35.5. The van der Waals surface area contributed by atoms with E-state index < -0.39 is 0 Å². The van der Waals surface area contributed by atoms with Gasteiger partial charge in [0.15, 0.2) is 0 Å². The van der Waals surface area contributed by atoms with Crippen LogP contribution in [0.5, 0.6) is 0 Å². The third-order valence-electron chi connectivity index (χ3n) is 4.74. The number of aromatic nitrogens is 2. The number of fused-ring (bicyclic) bond motifs is 1. The summed E-state index contributed by atoms with van der Waals surface area (Å²) in [6, 6.07) is 6.99. The lowest BCUT2D eigenvalue weighted by molar-refractivity contribution is -0.127. The molecule has 134 valence electrons. The second-order valence-electron chi connectivity index (χ2n) is 6.41. The van der Waals surface area contributed by atoms with Crippen LogP contribution in [0.15, 0.2) is 53.9 Å². The first-order chi connectivity index (χ1) is 12.6. The molecule has 2 aliphatic heterocycles. The maximum Gasteiger partial charge on any atom is 0.254 e. The molecule has 1 aromatic carbocycles. The van der Waals surface area contributed by atoms with Crippen LogP contribution in [0, 0.1) is 0 Å². The number of benzene rings is 1. The van der Waals surface area contributed by atoms with Gasteiger partial charge in [-0.1, -0.05) is 41.4 Å². The Morgan fingerprint density at radius 2 is 2.08 bits per heavy atom. The van der Waals surface area contributed by atoms with Crippen LogP contribution in [-0.2, 0) is 4.79 Å². The average Bonchev–Trinajstić information content (AvgIpc) is 3.11. The number of hydrogen-bond donors (Lipinski definition) is 1. The first-order valence-electron chi connectivity index (χ1n) is 8.47. The van der Waals surface area contributed by atoms with Crippen molar-refractivity contribution < 1.29 is 4.79 Å². The Kier molecular flexibility index (Phi) is 4.51. The topological polar surface area (TPSA) is 50.2 Å². The van der Waals surface area contributed by atoms with Crippen molar-refractivity contribution in [2.24, 2.45) is 0 Å². The lowest BCUT2D eigenvalue weighted by Gasteiger charge is -2.33. The third-order valence-corrected chi connectivity index (χ3v) is 5.48. The summed E-state index contributed by atoms with van der Waals surface area (Å²) in [5, 5.41) is 8.68. The van der Waals surface area contributed by atoms with Gasteiger partial charge in [-0.15, -0.1) is 0 Å². The van der Waals surface area contributed by atoms with E-state index in [1.54, 1.807) is 12.3 Å². The Labute approximate surface area is 161 Å². The molecule has 0 fully saturated rings. The van der Waals surface area contributed by atoms with Crippen LogP contribution in [0.25, 0.3) is 0 Å². The van der Waals surface area contributed by atoms with E-state index in [1.165, 1.54) is 0 Å². The van der Waals surface area contributed by atoms with Gasteiger partial charge < -0.3 is 10.2 Å². The zero-order chi connectivity index (χ0) is 18.3. The molecule has 0 saturated heterocycles. The lowest BCUT2D eigenvalue weighted by atomic mass is 9.94. The largest absolute Gasteiger partial charge is 0.344 e. The van der Waals surface area contributed by atoms with Gasteiger partial charge in [-0.25, -0.2) is 4.68 Å².